The summed E-state index contributed by atoms with van der Waals surface area (Å²) >= 11 is 0. The Bertz CT molecular complexity index is 916. The van der Waals surface area contributed by atoms with Gasteiger partial charge < -0.3 is 5.73 Å². The van der Waals surface area contributed by atoms with Gasteiger partial charge in [-0.15, -0.1) is 0 Å². The van der Waals surface area contributed by atoms with E-state index in [0.29, 0.717) is 5.52 Å². The number of anilines is 1. The van der Waals surface area contributed by atoms with Gasteiger partial charge in [-0.25, -0.2) is 9.55 Å². The van der Waals surface area contributed by atoms with E-state index in [-0.39, 0.29) is 17.0 Å². The van der Waals surface area contributed by atoms with Crippen molar-refractivity contribution in [1.29, 1.82) is 0 Å². The van der Waals surface area contributed by atoms with Crippen molar-refractivity contribution in [2.45, 2.75) is 6.18 Å². The lowest BCUT2D eigenvalue weighted by molar-refractivity contribution is -0.137. The summed E-state index contributed by atoms with van der Waals surface area (Å²) in [7, 11) is 0. The van der Waals surface area contributed by atoms with Crippen LogP contribution in [-0.2, 0) is 6.18 Å². The number of para-hydroxylation sites is 2. The Morgan fingerprint density at radius 2 is 1.64 bits per heavy atom. The quantitative estimate of drug-likeness (QED) is 0.752. The van der Waals surface area contributed by atoms with Crippen molar-refractivity contribution in [2.24, 2.45) is 0 Å². The molecule has 3 aromatic rings. The van der Waals surface area contributed by atoms with Gasteiger partial charge in [0.05, 0.1) is 22.2 Å². The highest BCUT2D eigenvalue weighted by Crippen LogP contribution is 2.33. The zero-order chi connectivity index (χ0) is 15.9. The molecular weight excluding hydrogens is 295 g/mol. The van der Waals surface area contributed by atoms with Crippen LogP contribution >= 0.6 is 0 Å². The predicted octanol–water partition coefficient (Wildman–Crippen LogP) is 2.99. The van der Waals surface area contributed by atoms with Crippen LogP contribution in [0.4, 0.5) is 19.1 Å². The van der Waals surface area contributed by atoms with Gasteiger partial charge in [-0.1, -0.05) is 24.3 Å². The van der Waals surface area contributed by atoms with Gasteiger partial charge in [-0.2, -0.15) is 13.2 Å². The average molecular weight is 305 g/mol. The van der Waals surface area contributed by atoms with Gasteiger partial charge in [0.1, 0.15) is 0 Å². The first-order valence-electron chi connectivity index (χ1n) is 6.33. The molecule has 112 valence electrons. The van der Waals surface area contributed by atoms with Crippen LogP contribution in [0.3, 0.4) is 0 Å². The molecule has 0 saturated carbocycles. The molecule has 0 spiro atoms. The third-order valence-corrected chi connectivity index (χ3v) is 3.25. The minimum Gasteiger partial charge on any atom is -0.369 e. The van der Waals surface area contributed by atoms with Crippen LogP contribution in [-0.4, -0.2) is 9.55 Å². The number of nitrogens with zero attached hydrogens (tertiary/aromatic N) is 2. The number of rotatable bonds is 1. The summed E-state index contributed by atoms with van der Waals surface area (Å²) in [5.41, 5.74) is 4.13. The zero-order valence-electron chi connectivity index (χ0n) is 11.1. The van der Waals surface area contributed by atoms with E-state index in [4.69, 9.17) is 5.73 Å². The second kappa shape index (κ2) is 4.87. The van der Waals surface area contributed by atoms with E-state index < -0.39 is 17.3 Å². The monoisotopic (exact) mass is 305 g/mol. The third kappa shape index (κ3) is 2.20. The number of halogens is 3. The molecule has 0 aliphatic carbocycles. The lowest BCUT2D eigenvalue weighted by Gasteiger charge is -2.16. The van der Waals surface area contributed by atoms with E-state index in [9.17, 15) is 18.0 Å². The van der Waals surface area contributed by atoms with Gasteiger partial charge in [-0.05, 0) is 24.3 Å². The maximum Gasteiger partial charge on any atom is 0.418 e. The lowest BCUT2D eigenvalue weighted by Crippen LogP contribution is -2.25. The van der Waals surface area contributed by atoms with Crippen molar-refractivity contribution in [1.82, 2.24) is 9.55 Å². The van der Waals surface area contributed by atoms with E-state index >= 15 is 0 Å². The van der Waals surface area contributed by atoms with Gasteiger partial charge in [0.15, 0.2) is 0 Å². The molecule has 0 unspecified atom stereocenters. The number of aromatic nitrogens is 2. The van der Waals surface area contributed by atoms with Crippen LogP contribution < -0.4 is 11.3 Å². The standard InChI is InChI=1S/C15H10F3N3O/c16-15(17,18)10-6-2-4-8-12(10)21-13(22)9-5-1-3-7-11(9)20-14(21)19/h1-8H,(H2,19,20). The van der Waals surface area contributed by atoms with Crippen LogP contribution in [0.2, 0.25) is 0 Å². The minimum atomic E-state index is -4.60. The highest BCUT2D eigenvalue weighted by atomic mass is 19.4. The molecule has 4 nitrogen and oxygen atoms in total. The van der Waals surface area contributed by atoms with E-state index in [1.807, 2.05) is 0 Å². The van der Waals surface area contributed by atoms with Gasteiger partial charge in [0, 0.05) is 0 Å². The number of nitrogen functional groups attached to an aromatic ring is 1. The molecule has 0 saturated heterocycles. The fourth-order valence-electron chi connectivity index (χ4n) is 2.29. The molecule has 22 heavy (non-hydrogen) atoms. The largest absolute Gasteiger partial charge is 0.418 e. The summed E-state index contributed by atoms with van der Waals surface area (Å²) in [6.45, 7) is 0. The fourth-order valence-corrected chi connectivity index (χ4v) is 2.29. The maximum absolute atomic E-state index is 13.1. The summed E-state index contributed by atoms with van der Waals surface area (Å²) in [6, 6.07) is 11.1. The number of benzene rings is 2. The highest BCUT2D eigenvalue weighted by molar-refractivity contribution is 5.79. The topological polar surface area (TPSA) is 60.9 Å². The van der Waals surface area contributed by atoms with E-state index in [0.717, 1.165) is 10.6 Å². The SMILES string of the molecule is Nc1nc2ccccc2c(=O)n1-c1ccccc1C(F)(F)F. The fraction of sp³-hybridized carbons (Fsp3) is 0.0667. The number of fused-ring (bicyclic) bond motifs is 1. The van der Waals surface area contributed by atoms with Gasteiger partial charge in [0.2, 0.25) is 5.95 Å². The highest BCUT2D eigenvalue weighted by Gasteiger charge is 2.34. The molecular formula is C15H10F3N3O. The van der Waals surface area contributed by atoms with Crippen molar-refractivity contribution in [3.63, 3.8) is 0 Å². The summed E-state index contributed by atoms with van der Waals surface area (Å²) in [4.78, 5) is 16.5. The second-order valence-electron chi connectivity index (χ2n) is 4.64. The first-order chi connectivity index (χ1) is 10.4. The molecule has 0 fully saturated rings. The Kier molecular flexibility index (Phi) is 3.13. The van der Waals surface area contributed by atoms with Crippen LogP contribution in [0.25, 0.3) is 16.6 Å². The van der Waals surface area contributed by atoms with Gasteiger partial charge in [0.25, 0.3) is 5.56 Å². The number of hydrogen-bond donors (Lipinski definition) is 1. The predicted molar refractivity (Wildman–Crippen MR) is 76.8 cm³/mol. The molecule has 7 heteroatoms. The van der Waals surface area contributed by atoms with Crippen molar-refractivity contribution >= 4 is 16.9 Å². The summed E-state index contributed by atoms with van der Waals surface area (Å²) in [5.74, 6) is -0.291. The minimum absolute atomic E-state index is 0.202. The molecule has 0 amide bonds. The molecule has 3 rings (SSSR count). The van der Waals surface area contributed by atoms with Crippen LogP contribution in [0, 0.1) is 0 Å². The van der Waals surface area contributed by atoms with Gasteiger partial charge >= 0.3 is 6.18 Å². The van der Waals surface area contributed by atoms with Crippen molar-refractivity contribution in [2.75, 3.05) is 5.73 Å². The number of nitrogens with two attached hydrogens (primary N) is 1. The van der Waals surface area contributed by atoms with E-state index in [1.165, 1.54) is 24.3 Å². The van der Waals surface area contributed by atoms with Crippen molar-refractivity contribution in [3.8, 4) is 5.69 Å². The first kappa shape index (κ1) is 14.1. The molecule has 1 aromatic heterocycles. The Labute approximate surface area is 122 Å². The summed E-state index contributed by atoms with van der Waals surface area (Å²) < 4.78 is 40.2. The molecule has 2 aromatic carbocycles. The van der Waals surface area contributed by atoms with Crippen molar-refractivity contribution < 1.29 is 13.2 Å². The van der Waals surface area contributed by atoms with Crippen LogP contribution in [0.15, 0.2) is 53.3 Å². The normalized spacial score (nSPS) is 11.8. The molecule has 0 aliphatic rings. The smallest absolute Gasteiger partial charge is 0.369 e. The Morgan fingerprint density at radius 3 is 2.36 bits per heavy atom. The maximum atomic E-state index is 13.1. The lowest BCUT2D eigenvalue weighted by atomic mass is 10.1. The van der Waals surface area contributed by atoms with Crippen LogP contribution in [0.1, 0.15) is 5.56 Å². The molecule has 0 aliphatic heterocycles. The zero-order valence-corrected chi connectivity index (χ0v) is 11.1. The average Bonchev–Trinajstić information content (AvgIpc) is 2.47. The Balaban J connectivity index is 2.40. The Hall–Kier alpha value is -2.83. The third-order valence-electron chi connectivity index (χ3n) is 3.25. The molecule has 0 radical (unpaired) electrons. The number of alkyl halides is 3. The van der Waals surface area contributed by atoms with E-state index in [1.54, 1.807) is 18.2 Å². The van der Waals surface area contributed by atoms with Gasteiger partial charge in [-0.3, -0.25) is 4.79 Å². The molecule has 0 bridgehead atoms. The summed E-state index contributed by atoms with van der Waals surface area (Å²) in [6.07, 6.45) is -4.60. The number of hydrogen-bond acceptors (Lipinski definition) is 3. The van der Waals surface area contributed by atoms with Crippen LogP contribution in [0.5, 0.6) is 0 Å². The molecule has 0 atom stereocenters. The first-order valence-corrected chi connectivity index (χ1v) is 6.33. The molecule has 2 N–H and O–H groups in total. The second-order valence-corrected chi connectivity index (χ2v) is 4.64. The Morgan fingerprint density at radius 1 is 1.00 bits per heavy atom. The molecule has 1 heterocycles. The van der Waals surface area contributed by atoms with Crippen molar-refractivity contribution in [3.05, 3.63) is 64.4 Å². The van der Waals surface area contributed by atoms with E-state index in [2.05, 4.69) is 4.98 Å². The summed E-state index contributed by atoms with van der Waals surface area (Å²) in [5, 5.41) is 0.202.